The molecule has 3 rings (SSSR count). The van der Waals surface area contributed by atoms with Gasteiger partial charge in [-0.05, 0) is 52.9 Å². The number of hydrogen-bond acceptors (Lipinski definition) is 3. The van der Waals surface area contributed by atoms with Crippen LogP contribution >= 0.6 is 22.6 Å². The van der Waals surface area contributed by atoms with Gasteiger partial charge in [0.2, 0.25) is 5.52 Å². The minimum atomic E-state index is -7.06. The number of benzene rings is 2. The standard InChI is InChI=1S/C21H10F11IN2O3/c22-17(23)38-14-8-11(18(24,20(27,28)29)19(25,26)21(30,31)32)7-12(33)15(14)34-16(36)10-4-3-9-2-1-5-35(37)13(9)6-10/h1-8,17H,(H,34,36). The highest BCUT2D eigenvalue weighted by molar-refractivity contribution is 14.1. The monoisotopic (exact) mass is 674 g/mol. The van der Waals surface area contributed by atoms with Crippen LogP contribution in [0.2, 0.25) is 0 Å². The summed E-state index contributed by atoms with van der Waals surface area (Å²) in [4.78, 5) is 12.7. The molecule has 3 aromatic rings. The van der Waals surface area contributed by atoms with Gasteiger partial charge in [0.25, 0.3) is 5.91 Å². The SMILES string of the molecule is O=C(Nc1c(I)cc(C(F)(C(F)(F)F)C(F)(F)C(F)(F)F)cc1OC(F)F)c1ccc2ccc[n+]([O-])c2c1. The molecule has 2 aromatic carbocycles. The summed E-state index contributed by atoms with van der Waals surface area (Å²) in [5, 5.41) is 14.2. The second-order valence-electron chi connectivity index (χ2n) is 7.50. The molecule has 0 saturated carbocycles. The molecule has 0 saturated heterocycles. The molecule has 1 heterocycles. The molecule has 1 atom stereocenters. The maximum atomic E-state index is 14.9. The van der Waals surface area contributed by atoms with E-state index in [4.69, 9.17) is 0 Å². The van der Waals surface area contributed by atoms with Crippen molar-refractivity contribution in [2.45, 2.75) is 30.6 Å². The number of carbonyl (C=O) groups is 1. The predicted molar refractivity (Wildman–Crippen MR) is 116 cm³/mol. The van der Waals surface area contributed by atoms with E-state index >= 15 is 0 Å². The molecular formula is C21H10F11IN2O3. The molecule has 5 nitrogen and oxygen atoms in total. The maximum Gasteiger partial charge on any atom is 0.457 e. The number of fused-ring (bicyclic) bond motifs is 1. The summed E-state index contributed by atoms with van der Waals surface area (Å²) in [6.45, 7) is -3.89. The van der Waals surface area contributed by atoms with Gasteiger partial charge in [0.05, 0.1) is 5.69 Å². The van der Waals surface area contributed by atoms with Gasteiger partial charge in [-0.25, -0.2) is 4.39 Å². The second-order valence-corrected chi connectivity index (χ2v) is 8.66. The third-order valence-electron chi connectivity index (χ3n) is 5.11. The van der Waals surface area contributed by atoms with Crippen molar-refractivity contribution in [1.29, 1.82) is 0 Å². The van der Waals surface area contributed by atoms with Gasteiger partial charge in [0.1, 0.15) is 0 Å². The van der Waals surface area contributed by atoms with E-state index in [1.807, 2.05) is 5.32 Å². The Balaban J connectivity index is 2.16. The third-order valence-corrected chi connectivity index (χ3v) is 5.96. The quantitative estimate of drug-likeness (QED) is 0.135. The van der Waals surface area contributed by atoms with Gasteiger partial charge in [0.15, 0.2) is 11.9 Å². The van der Waals surface area contributed by atoms with Crippen LogP contribution in [0.1, 0.15) is 15.9 Å². The van der Waals surface area contributed by atoms with Gasteiger partial charge < -0.3 is 15.3 Å². The Morgan fingerprint density at radius 3 is 2.13 bits per heavy atom. The van der Waals surface area contributed by atoms with E-state index in [0.29, 0.717) is 10.1 Å². The molecule has 38 heavy (non-hydrogen) atoms. The van der Waals surface area contributed by atoms with Gasteiger partial charge in [0, 0.05) is 32.2 Å². The number of aromatic nitrogens is 1. The highest BCUT2D eigenvalue weighted by atomic mass is 127. The molecule has 1 amide bonds. The number of ether oxygens (including phenoxy) is 1. The number of alkyl halides is 11. The Morgan fingerprint density at radius 2 is 1.58 bits per heavy atom. The first kappa shape index (κ1) is 29.4. The number of hydrogen-bond donors (Lipinski definition) is 1. The third kappa shape index (κ3) is 5.11. The molecule has 0 spiro atoms. The van der Waals surface area contributed by atoms with Crippen LogP contribution < -0.4 is 14.8 Å². The van der Waals surface area contributed by atoms with Crippen molar-refractivity contribution in [3.63, 3.8) is 0 Å². The van der Waals surface area contributed by atoms with E-state index in [2.05, 4.69) is 4.74 Å². The van der Waals surface area contributed by atoms with E-state index in [1.165, 1.54) is 18.2 Å². The molecule has 0 radical (unpaired) electrons. The predicted octanol–water partition coefficient (Wildman–Crippen LogP) is 6.86. The first-order valence-electron chi connectivity index (χ1n) is 9.73. The average molecular weight is 674 g/mol. The molecule has 0 fully saturated rings. The van der Waals surface area contributed by atoms with Crippen molar-refractivity contribution in [1.82, 2.24) is 0 Å². The van der Waals surface area contributed by atoms with Gasteiger partial charge >= 0.3 is 30.6 Å². The lowest BCUT2D eigenvalue weighted by atomic mass is 9.87. The lowest BCUT2D eigenvalue weighted by Crippen LogP contribution is -2.59. The number of carbonyl (C=O) groups excluding carboxylic acids is 1. The summed E-state index contributed by atoms with van der Waals surface area (Å²) in [5.41, 5.74) is -10.1. The van der Waals surface area contributed by atoms with Crippen LogP contribution in [-0.2, 0) is 5.67 Å². The zero-order valence-electron chi connectivity index (χ0n) is 17.9. The van der Waals surface area contributed by atoms with Gasteiger partial charge in [-0.3, -0.25) is 4.79 Å². The first-order valence-corrected chi connectivity index (χ1v) is 10.8. The smallest absolute Gasteiger partial charge is 0.457 e. The summed E-state index contributed by atoms with van der Waals surface area (Å²) < 4.78 is 151. The summed E-state index contributed by atoms with van der Waals surface area (Å²) in [5.74, 6) is -9.78. The fourth-order valence-corrected chi connectivity index (χ4v) is 4.05. The lowest BCUT2D eigenvalue weighted by Gasteiger charge is -2.36. The molecule has 17 heteroatoms. The van der Waals surface area contributed by atoms with E-state index in [9.17, 15) is 58.3 Å². The van der Waals surface area contributed by atoms with Crippen LogP contribution in [0.25, 0.3) is 10.9 Å². The zero-order valence-corrected chi connectivity index (χ0v) is 20.1. The Kier molecular flexibility index (Phi) is 7.66. The van der Waals surface area contributed by atoms with Crippen LogP contribution in [0.3, 0.4) is 0 Å². The molecule has 1 N–H and O–H groups in total. The fraction of sp³-hybridized carbons (Fsp3) is 0.238. The highest BCUT2D eigenvalue weighted by Gasteiger charge is 2.81. The fourth-order valence-electron chi connectivity index (χ4n) is 3.32. The first-order chi connectivity index (χ1) is 17.3. The van der Waals surface area contributed by atoms with E-state index in [0.717, 1.165) is 40.9 Å². The molecule has 206 valence electrons. The Labute approximate surface area is 217 Å². The van der Waals surface area contributed by atoms with Crippen molar-refractivity contribution in [3.8, 4) is 5.75 Å². The maximum absolute atomic E-state index is 14.9. The zero-order chi connectivity index (χ0) is 28.8. The summed E-state index contributed by atoms with van der Waals surface area (Å²) >= 11 is 0.994. The molecule has 0 bridgehead atoms. The van der Waals surface area contributed by atoms with Crippen molar-refractivity contribution >= 4 is 45.1 Å². The number of anilines is 1. The molecular weight excluding hydrogens is 664 g/mol. The van der Waals surface area contributed by atoms with Crippen LogP contribution in [0, 0.1) is 8.78 Å². The van der Waals surface area contributed by atoms with E-state index in [1.54, 1.807) is 0 Å². The number of halogens is 12. The number of pyridine rings is 1. The Bertz CT molecular complexity index is 1380. The Hall–Kier alpha value is -3.12. The highest BCUT2D eigenvalue weighted by Crippen LogP contribution is 2.59. The topological polar surface area (TPSA) is 65.3 Å². The summed E-state index contributed by atoms with van der Waals surface area (Å²) in [7, 11) is 0. The molecule has 1 unspecified atom stereocenters. The van der Waals surface area contributed by atoms with Gasteiger partial charge in [-0.1, -0.05) is 0 Å². The molecule has 0 aliphatic heterocycles. The van der Waals surface area contributed by atoms with E-state index in [-0.39, 0.29) is 17.1 Å². The minimum absolute atomic E-state index is 0.0315. The minimum Gasteiger partial charge on any atom is -0.618 e. The molecule has 1 aromatic heterocycles. The number of amides is 1. The number of nitrogens with one attached hydrogen (secondary N) is 1. The van der Waals surface area contributed by atoms with Crippen molar-refractivity contribution in [3.05, 3.63) is 68.6 Å². The lowest BCUT2D eigenvalue weighted by molar-refractivity contribution is -0.577. The van der Waals surface area contributed by atoms with Crippen LogP contribution in [0.4, 0.5) is 54.0 Å². The van der Waals surface area contributed by atoms with Crippen molar-refractivity contribution < 1.29 is 62.6 Å². The van der Waals surface area contributed by atoms with Crippen molar-refractivity contribution in [2.75, 3.05) is 5.32 Å². The van der Waals surface area contributed by atoms with Crippen LogP contribution in [-0.4, -0.2) is 30.8 Å². The van der Waals surface area contributed by atoms with Gasteiger partial charge in [-0.2, -0.15) is 48.6 Å². The number of rotatable bonds is 6. The van der Waals surface area contributed by atoms with Gasteiger partial charge in [-0.15, -0.1) is 0 Å². The van der Waals surface area contributed by atoms with Crippen LogP contribution in [0.15, 0.2) is 48.7 Å². The van der Waals surface area contributed by atoms with E-state index < -0.39 is 63.1 Å². The molecule has 0 aliphatic carbocycles. The summed E-state index contributed by atoms with van der Waals surface area (Å²) in [6, 6.07) is 5.84. The summed E-state index contributed by atoms with van der Waals surface area (Å²) in [6.07, 6.45) is -12.9. The number of nitrogens with zero attached hydrogens (tertiary/aromatic N) is 1. The Morgan fingerprint density at radius 1 is 0.947 bits per heavy atom. The van der Waals surface area contributed by atoms with Crippen LogP contribution in [0.5, 0.6) is 5.75 Å². The average Bonchev–Trinajstić information content (AvgIpc) is 2.78. The second kappa shape index (κ2) is 9.88. The van der Waals surface area contributed by atoms with Crippen molar-refractivity contribution in [2.24, 2.45) is 0 Å². The largest absolute Gasteiger partial charge is 0.618 e. The molecule has 0 aliphatic rings. The normalized spacial score (nSPS) is 14.4.